The second kappa shape index (κ2) is 5.88. The zero-order valence-electron chi connectivity index (χ0n) is 12.1. The molecule has 0 aliphatic carbocycles. The van der Waals surface area contributed by atoms with Crippen LogP contribution in [0.4, 0.5) is 0 Å². The van der Waals surface area contributed by atoms with Gasteiger partial charge in [-0.1, -0.05) is 6.92 Å². The van der Waals surface area contributed by atoms with Crippen LogP contribution in [-0.2, 0) is 28.5 Å². The van der Waals surface area contributed by atoms with E-state index in [2.05, 4.69) is 0 Å². The lowest BCUT2D eigenvalue weighted by Gasteiger charge is -2.23. The molecular weight excluding hydrogens is 252 g/mol. The summed E-state index contributed by atoms with van der Waals surface area (Å²) in [6, 6.07) is 0. The van der Waals surface area contributed by atoms with Gasteiger partial charge in [-0.05, 0) is 20.3 Å². The number of hydrogen-bond acceptors (Lipinski definition) is 6. The minimum Gasteiger partial charge on any atom is -0.462 e. The molecule has 2 unspecified atom stereocenters. The summed E-state index contributed by atoms with van der Waals surface area (Å²) < 4.78 is 20.8. The molecule has 6 nitrogen and oxygen atoms in total. The number of ether oxygens (including phenoxy) is 4. The van der Waals surface area contributed by atoms with Crippen LogP contribution in [0.3, 0.4) is 0 Å². The Morgan fingerprint density at radius 2 is 2.05 bits per heavy atom. The second-order valence-corrected chi connectivity index (χ2v) is 5.34. The van der Waals surface area contributed by atoms with E-state index in [9.17, 15) is 9.59 Å². The third kappa shape index (κ3) is 4.47. The predicted molar refractivity (Wildman–Crippen MR) is 66.0 cm³/mol. The maximum atomic E-state index is 11.8. The van der Waals surface area contributed by atoms with Gasteiger partial charge in [-0.15, -0.1) is 0 Å². The van der Waals surface area contributed by atoms with Crippen molar-refractivity contribution in [2.75, 3.05) is 13.2 Å². The predicted octanol–water partition coefficient (Wildman–Crippen LogP) is 1.62. The molecule has 1 saturated heterocycles. The fourth-order valence-electron chi connectivity index (χ4n) is 1.52. The second-order valence-electron chi connectivity index (χ2n) is 5.34. The molecule has 6 heteroatoms. The first kappa shape index (κ1) is 15.9. The Labute approximate surface area is 113 Å². The van der Waals surface area contributed by atoms with E-state index in [-0.39, 0.29) is 19.2 Å². The zero-order valence-corrected chi connectivity index (χ0v) is 12.1. The van der Waals surface area contributed by atoms with Crippen molar-refractivity contribution in [3.8, 4) is 0 Å². The topological polar surface area (TPSA) is 71.1 Å². The minimum absolute atomic E-state index is 0.0825. The molecule has 1 heterocycles. The standard InChI is InChI=1S/C13H22O6/c1-6-12(3,4)11(15)16-7-10-8-17-13(5,19-10)18-9(2)14/h10H,6-8H2,1-5H3. The molecule has 0 radical (unpaired) electrons. The first-order valence-electron chi connectivity index (χ1n) is 6.37. The molecule has 0 aromatic carbocycles. The average molecular weight is 274 g/mol. The van der Waals surface area contributed by atoms with Crippen LogP contribution in [0.2, 0.25) is 0 Å². The molecule has 0 spiro atoms. The fourth-order valence-corrected chi connectivity index (χ4v) is 1.52. The lowest BCUT2D eigenvalue weighted by molar-refractivity contribution is -0.308. The average Bonchev–Trinajstić information content (AvgIpc) is 2.66. The number of esters is 2. The van der Waals surface area contributed by atoms with Crippen molar-refractivity contribution >= 4 is 11.9 Å². The van der Waals surface area contributed by atoms with Gasteiger partial charge in [0.25, 0.3) is 0 Å². The Kier molecular flexibility index (Phi) is 4.92. The number of hydrogen-bond donors (Lipinski definition) is 0. The van der Waals surface area contributed by atoms with Crippen LogP contribution < -0.4 is 0 Å². The maximum absolute atomic E-state index is 11.8. The molecule has 1 aliphatic rings. The summed E-state index contributed by atoms with van der Waals surface area (Å²) in [4.78, 5) is 22.7. The van der Waals surface area contributed by atoms with Crippen molar-refractivity contribution in [1.29, 1.82) is 0 Å². The van der Waals surface area contributed by atoms with Crippen LogP contribution in [0.15, 0.2) is 0 Å². The van der Waals surface area contributed by atoms with E-state index < -0.39 is 23.5 Å². The normalized spacial score (nSPS) is 27.1. The van der Waals surface area contributed by atoms with Gasteiger partial charge in [0.15, 0.2) is 0 Å². The van der Waals surface area contributed by atoms with Gasteiger partial charge < -0.3 is 18.9 Å². The fraction of sp³-hybridized carbons (Fsp3) is 0.846. The Morgan fingerprint density at radius 1 is 1.42 bits per heavy atom. The largest absolute Gasteiger partial charge is 0.462 e. The highest BCUT2D eigenvalue weighted by Crippen LogP contribution is 2.26. The third-order valence-electron chi connectivity index (χ3n) is 3.08. The Bertz CT molecular complexity index is 351. The number of carbonyl (C=O) groups excluding carboxylic acids is 2. The molecule has 0 bridgehead atoms. The molecule has 0 amide bonds. The first-order chi connectivity index (χ1) is 8.68. The van der Waals surface area contributed by atoms with Crippen LogP contribution >= 0.6 is 0 Å². The monoisotopic (exact) mass is 274 g/mol. The van der Waals surface area contributed by atoms with Crippen LogP contribution in [0, 0.1) is 5.41 Å². The van der Waals surface area contributed by atoms with Crippen molar-refractivity contribution in [3.05, 3.63) is 0 Å². The van der Waals surface area contributed by atoms with Crippen LogP contribution in [0.5, 0.6) is 0 Å². The quantitative estimate of drug-likeness (QED) is 0.709. The molecule has 0 aromatic heterocycles. The van der Waals surface area contributed by atoms with Gasteiger partial charge in [0.05, 0.1) is 12.0 Å². The van der Waals surface area contributed by atoms with Gasteiger partial charge in [0.1, 0.15) is 12.7 Å². The van der Waals surface area contributed by atoms with Crippen molar-refractivity contribution in [2.24, 2.45) is 5.41 Å². The van der Waals surface area contributed by atoms with Crippen LogP contribution in [0.25, 0.3) is 0 Å². The molecule has 0 aromatic rings. The van der Waals surface area contributed by atoms with E-state index >= 15 is 0 Å². The lowest BCUT2D eigenvalue weighted by Crippen LogP contribution is -2.34. The first-order valence-corrected chi connectivity index (χ1v) is 6.37. The molecule has 1 aliphatic heterocycles. The molecule has 2 atom stereocenters. The molecule has 1 fully saturated rings. The molecule has 19 heavy (non-hydrogen) atoms. The van der Waals surface area contributed by atoms with E-state index in [0.717, 1.165) is 0 Å². The Morgan fingerprint density at radius 3 is 2.58 bits per heavy atom. The summed E-state index contributed by atoms with van der Waals surface area (Å²) in [6.07, 6.45) is 0.264. The van der Waals surface area contributed by atoms with Gasteiger partial charge in [-0.25, -0.2) is 0 Å². The summed E-state index contributed by atoms with van der Waals surface area (Å²) in [6.45, 7) is 8.65. The summed E-state index contributed by atoms with van der Waals surface area (Å²) in [5.74, 6) is -2.16. The van der Waals surface area contributed by atoms with E-state index in [4.69, 9.17) is 18.9 Å². The highest BCUT2D eigenvalue weighted by atomic mass is 16.9. The van der Waals surface area contributed by atoms with E-state index in [0.29, 0.717) is 6.42 Å². The molecule has 0 saturated carbocycles. The highest BCUT2D eigenvalue weighted by Gasteiger charge is 2.41. The Balaban J connectivity index is 2.41. The Hall–Kier alpha value is -1.14. The number of carbonyl (C=O) groups is 2. The molecular formula is C13H22O6. The van der Waals surface area contributed by atoms with E-state index in [1.807, 2.05) is 20.8 Å². The van der Waals surface area contributed by atoms with Gasteiger partial charge >= 0.3 is 17.9 Å². The summed E-state index contributed by atoms with van der Waals surface area (Å²) in [7, 11) is 0. The molecule has 0 N–H and O–H groups in total. The zero-order chi connectivity index (χ0) is 14.7. The van der Waals surface area contributed by atoms with Crippen molar-refractivity contribution in [3.63, 3.8) is 0 Å². The van der Waals surface area contributed by atoms with Crippen molar-refractivity contribution in [2.45, 2.75) is 53.1 Å². The summed E-state index contributed by atoms with van der Waals surface area (Å²) in [5, 5.41) is 0. The van der Waals surface area contributed by atoms with E-state index in [1.165, 1.54) is 13.8 Å². The smallest absolute Gasteiger partial charge is 0.326 e. The van der Waals surface area contributed by atoms with Crippen LogP contribution in [0.1, 0.15) is 41.0 Å². The molecule has 110 valence electrons. The van der Waals surface area contributed by atoms with Crippen LogP contribution in [-0.4, -0.2) is 37.2 Å². The van der Waals surface area contributed by atoms with Gasteiger partial charge in [0.2, 0.25) is 0 Å². The number of rotatable bonds is 5. The minimum atomic E-state index is -1.39. The maximum Gasteiger partial charge on any atom is 0.326 e. The summed E-state index contributed by atoms with van der Waals surface area (Å²) >= 11 is 0. The van der Waals surface area contributed by atoms with Gasteiger partial charge in [0, 0.05) is 13.8 Å². The summed E-state index contributed by atoms with van der Waals surface area (Å²) in [5.41, 5.74) is -0.515. The van der Waals surface area contributed by atoms with Gasteiger partial charge in [-0.2, -0.15) is 0 Å². The van der Waals surface area contributed by atoms with Crippen molar-refractivity contribution in [1.82, 2.24) is 0 Å². The van der Waals surface area contributed by atoms with E-state index in [1.54, 1.807) is 0 Å². The third-order valence-corrected chi connectivity index (χ3v) is 3.08. The SMILES string of the molecule is CCC(C)(C)C(=O)OCC1COC(C)(OC(C)=O)O1. The van der Waals surface area contributed by atoms with Crippen molar-refractivity contribution < 1.29 is 28.5 Å². The lowest BCUT2D eigenvalue weighted by atomic mass is 9.91. The van der Waals surface area contributed by atoms with Gasteiger partial charge in [-0.3, -0.25) is 9.59 Å². The molecule has 1 rings (SSSR count). The highest BCUT2D eigenvalue weighted by molar-refractivity contribution is 5.75.